The number of carbonyl (C=O) groups excluding carboxylic acids is 1. The first kappa shape index (κ1) is 11.8. The van der Waals surface area contributed by atoms with Crippen LogP contribution in [0.25, 0.3) is 0 Å². The number of nitrogens with zero attached hydrogens (tertiary/aromatic N) is 1. The molecule has 6 heteroatoms. The second-order valence-corrected chi connectivity index (χ2v) is 6.70. The van der Waals surface area contributed by atoms with Crippen LogP contribution in [-0.4, -0.2) is 21.4 Å². The first-order valence-electron chi connectivity index (χ1n) is 5.71. The number of nitrogens with one attached hydrogen (secondary N) is 2. The Kier molecular flexibility index (Phi) is 2.91. The molecular weight excluding hydrogens is 266 g/mol. The average molecular weight is 279 g/mol. The molecule has 2 N–H and O–H groups in total. The number of rotatable bonds is 1. The highest BCUT2D eigenvalue weighted by molar-refractivity contribution is 8.01. The summed E-state index contributed by atoms with van der Waals surface area (Å²) < 4.78 is 0. The van der Waals surface area contributed by atoms with Crippen LogP contribution in [0.4, 0.5) is 5.82 Å². The minimum Gasteiger partial charge on any atom is -0.308 e. The molecule has 1 amide bonds. The van der Waals surface area contributed by atoms with Gasteiger partial charge in [-0.15, -0.1) is 23.1 Å². The lowest BCUT2D eigenvalue weighted by atomic mass is 10.1. The van der Waals surface area contributed by atoms with Gasteiger partial charge in [0.1, 0.15) is 0 Å². The summed E-state index contributed by atoms with van der Waals surface area (Å²) in [6, 6.07) is 4.15. The van der Waals surface area contributed by atoms with Crippen molar-refractivity contribution in [1.29, 1.82) is 0 Å². The van der Waals surface area contributed by atoms with Crippen LogP contribution < -0.4 is 5.32 Å². The molecule has 0 aromatic carbocycles. The number of thioether (sulfide) groups is 1. The van der Waals surface area contributed by atoms with Gasteiger partial charge in [-0.25, -0.2) is 0 Å². The fraction of sp³-hybridized carbons (Fsp3) is 0.333. The van der Waals surface area contributed by atoms with Gasteiger partial charge in [-0.1, -0.05) is 6.07 Å². The topological polar surface area (TPSA) is 57.8 Å². The average Bonchev–Trinajstić information content (AvgIpc) is 2.95. The maximum atomic E-state index is 11.9. The molecule has 1 aliphatic rings. The maximum absolute atomic E-state index is 11.9. The van der Waals surface area contributed by atoms with E-state index in [2.05, 4.69) is 27.0 Å². The Morgan fingerprint density at radius 2 is 2.28 bits per heavy atom. The summed E-state index contributed by atoms with van der Waals surface area (Å²) in [6.45, 7) is 3.93. The normalized spacial score (nSPS) is 23.3. The van der Waals surface area contributed by atoms with Crippen molar-refractivity contribution in [1.82, 2.24) is 10.2 Å². The minimum absolute atomic E-state index is 0.0202. The SMILES string of the molecule is Cc1[nH]nc2c1[C@@H](c1cccs1)S[C@H](C)C(=O)N2. The highest BCUT2D eigenvalue weighted by Crippen LogP contribution is 2.45. The van der Waals surface area contributed by atoms with Crippen LogP contribution in [-0.2, 0) is 4.79 Å². The van der Waals surface area contributed by atoms with Gasteiger partial charge in [0.25, 0.3) is 0 Å². The van der Waals surface area contributed by atoms with E-state index in [0.29, 0.717) is 5.82 Å². The lowest BCUT2D eigenvalue weighted by Crippen LogP contribution is -2.21. The summed E-state index contributed by atoms with van der Waals surface area (Å²) in [5.74, 6) is 0.694. The molecule has 0 saturated carbocycles. The van der Waals surface area contributed by atoms with Crippen molar-refractivity contribution in [3.8, 4) is 0 Å². The van der Waals surface area contributed by atoms with E-state index >= 15 is 0 Å². The summed E-state index contributed by atoms with van der Waals surface area (Å²) in [4.78, 5) is 13.2. The Bertz CT molecular complexity index is 576. The molecule has 2 aromatic heterocycles. The summed E-state index contributed by atoms with van der Waals surface area (Å²) in [6.07, 6.45) is 0. The molecule has 2 aromatic rings. The van der Waals surface area contributed by atoms with E-state index in [0.717, 1.165) is 11.3 Å². The van der Waals surface area contributed by atoms with Crippen LogP contribution in [0.1, 0.15) is 28.3 Å². The standard InChI is InChI=1S/C12H13N3OS2/c1-6-9-10(8-4-3-5-17-8)18-7(2)12(16)13-11(9)15-14-6/h3-5,7,10H,1-2H3,(H2,13,14,15,16)/t7-,10-/m1/s1. The van der Waals surface area contributed by atoms with Gasteiger partial charge >= 0.3 is 0 Å². The minimum atomic E-state index is -0.0781. The highest BCUT2D eigenvalue weighted by Gasteiger charge is 2.32. The molecule has 0 radical (unpaired) electrons. The molecule has 1 aliphatic heterocycles. The number of amides is 1. The molecule has 0 saturated heterocycles. The zero-order valence-corrected chi connectivity index (χ0v) is 11.7. The number of hydrogen-bond acceptors (Lipinski definition) is 4. The van der Waals surface area contributed by atoms with Crippen molar-refractivity contribution in [2.45, 2.75) is 24.3 Å². The molecular formula is C12H13N3OS2. The Morgan fingerprint density at radius 1 is 1.44 bits per heavy atom. The van der Waals surface area contributed by atoms with Gasteiger partial charge in [0, 0.05) is 16.1 Å². The van der Waals surface area contributed by atoms with E-state index in [1.54, 1.807) is 23.1 Å². The van der Waals surface area contributed by atoms with Crippen LogP contribution >= 0.6 is 23.1 Å². The lowest BCUT2D eigenvalue weighted by Gasteiger charge is -2.15. The first-order chi connectivity index (χ1) is 8.66. The molecule has 3 rings (SSSR count). The van der Waals surface area contributed by atoms with Crippen molar-refractivity contribution in [3.63, 3.8) is 0 Å². The summed E-state index contributed by atoms with van der Waals surface area (Å²) in [7, 11) is 0. The number of hydrogen-bond donors (Lipinski definition) is 2. The van der Waals surface area contributed by atoms with Gasteiger partial charge < -0.3 is 5.32 Å². The fourth-order valence-corrected chi connectivity index (χ4v) is 4.33. The molecule has 2 atom stereocenters. The van der Waals surface area contributed by atoms with Crippen LogP contribution in [0, 0.1) is 6.92 Å². The van der Waals surface area contributed by atoms with Gasteiger partial charge in [-0.3, -0.25) is 9.89 Å². The van der Waals surface area contributed by atoms with Crippen molar-refractivity contribution >= 4 is 34.8 Å². The molecule has 0 aliphatic carbocycles. The van der Waals surface area contributed by atoms with Gasteiger partial charge in [0.2, 0.25) is 5.91 Å². The second-order valence-electron chi connectivity index (χ2n) is 4.27. The number of aryl methyl sites for hydroxylation is 1. The third kappa shape index (κ3) is 1.85. The largest absolute Gasteiger partial charge is 0.308 e. The van der Waals surface area contributed by atoms with Crippen molar-refractivity contribution < 1.29 is 4.79 Å². The van der Waals surface area contributed by atoms with E-state index in [4.69, 9.17) is 0 Å². The Morgan fingerprint density at radius 3 is 3.00 bits per heavy atom. The zero-order valence-electron chi connectivity index (χ0n) is 10.1. The summed E-state index contributed by atoms with van der Waals surface area (Å²) >= 11 is 3.39. The van der Waals surface area contributed by atoms with Crippen molar-refractivity contribution in [2.75, 3.05) is 5.32 Å². The zero-order chi connectivity index (χ0) is 12.7. The summed E-state index contributed by atoms with van der Waals surface area (Å²) in [5.41, 5.74) is 2.12. The van der Waals surface area contributed by atoms with E-state index in [9.17, 15) is 4.79 Å². The van der Waals surface area contributed by atoms with Crippen molar-refractivity contribution in [3.05, 3.63) is 33.6 Å². The number of carbonyl (C=O) groups is 1. The van der Waals surface area contributed by atoms with E-state index in [1.165, 1.54) is 4.88 Å². The highest BCUT2D eigenvalue weighted by atomic mass is 32.2. The smallest absolute Gasteiger partial charge is 0.238 e. The molecule has 0 bridgehead atoms. The van der Waals surface area contributed by atoms with Crippen molar-refractivity contribution in [2.24, 2.45) is 0 Å². The number of thiophene rings is 1. The Hall–Kier alpha value is -1.27. The van der Waals surface area contributed by atoms with E-state index < -0.39 is 0 Å². The number of aromatic amines is 1. The molecule has 94 valence electrons. The monoisotopic (exact) mass is 279 g/mol. The number of anilines is 1. The maximum Gasteiger partial charge on any atom is 0.238 e. The molecule has 0 unspecified atom stereocenters. The number of H-pyrrole nitrogens is 1. The van der Waals surface area contributed by atoms with Crippen LogP contribution in [0.15, 0.2) is 17.5 Å². The predicted octanol–water partition coefficient (Wildman–Crippen LogP) is 2.94. The van der Waals surface area contributed by atoms with Gasteiger partial charge in [0.05, 0.1) is 10.5 Å². The second kappa shape index (κ2) is 4.44. The van der Waals surface area contributed by atoms with Gasteiger partial charge in [0.15, 0.2) is 5.82 Å². The predicted molar refractivity (Wildman–Crippen MR) is 75.2 cm³/mol. The molecule has 18 heavy (non-hydrogen) atoms. The molecule has 0 fully saturated rings. The van der Waals surface area contributed by atoms with Crippen LogP contribution in [0.2, 0.25) is 0 Å². The fourth-order valence-electron chi connectivity index (χ4n) is 2.06. The molecule has 3 heterocycles. The Balaban J connectivity index is 2.12. The quantitative estimate of drug-likeness (QED) is 0.844. The van der Waals surface area contributed by atoms with E-state index in [-0.39, 0.29) is 16.4 Å². The van der Waals surface area contributed by atoms with Crippen LogP contribution in [0.3, 0.4) is 0 Å². The third-order valence-electron chi connectivity index (χ3n) is 3.01. The van der Waals surface area contributed by atoms with Gasteiger partial charge in [-0.05, 0) is 25.3 Å². The third-order valence-corrected chi connectivity index (χ3v) is 5.48. The Labute approximate surface area is 113 Å². The van der Waals surface area contributed by atoms with Gasteiger partial charge in [-0.2, -0.15) is 5.10 Å². The number of aromatic nitrogens is 2. The van der Waals surface area contributed by atoms with E-state index in [1.807, 2.05) is 19.9 Å². The summed E-state index contributed by atoms with van der Waals surface area (Å²) in [5, 5.41) is 12.2. The first-order valence-corrected chi connectivity index (χ1v) is 7.53. The lowest BCUT2D eigenvalue weighted by molar-refractivity contribution is -0.115. The number of fused-ring (bicyclic) bond motifs is 1. The molecule has 4 nitrogen and oxygen atoms in total. The molecule has 0 spiro atoms. The van der Waals surface area contributed by atoms with Crippen LogP contribution in [0.5, 0.6) is 0 Å².